The highest BCUT2D eigenvalue weighted by Crippen LogP contribution is 2.17. The van der Waals surface area contributed by atoms with Crippen LogP contribution >= 0.6 is 0 Å². The van der Waals surface area contributed by atoms with Crippen molar-refractivity contribution in [2.45, 2.75) is 46.1 Å². The first-order chi connectivity index (χ1) is 9.97. The van der Waals surface area contributed by atoms with E-state index in [-0.39, 0.29) is 11.9 Å². The summed E-state index contributed by atoms with van der Waals surface area (Å²) in [5.74, 6) is 0.753. The van der Waals surface area contributed by atoms with E-state index in [1.54, 1.807) is 0 Å². The molecule has 114 valence electrons. The van der Waals surface area contributed by atoms with Crippen molar-refractivity contribution < 1.29 is 4.79 Å². The zero-order chi connectivity index (χ0) is 15.4. The average molecular weight is 286 g/mol. The van der Waals surface area contributed by atoms with Gasteiger partial charge >= 0.3 is 0 Å². The third kappa shape index (κ3) is 4.10. The molecule has 2 aromatic rings. The van der Waals surface area contributed by atoms with Gasteiger partial charge < -0.3 is 9.88 Å². The van der Waals surface area contributed by atoms with Crippen molar-refractivity contribution in [1.82, 2.24) is 9.88 Å². The number of nitrogens with one attached hydrogen (secondary N) is 1. The van der Waals surface area contributed by atoms with Gasteiger partial charge in [0.2, 0.25) is 0 Å². The Kier molecular flexibility index (Phi) is 5.05. The molecule has 1 N–H and O–H groups in total. The second-order valence-corrected chi connectivity index (χ2v) is 6.40. The number of rotatable bonds is 6. The fourth-order valence-electron chi connectivity index (χ4n) is 2.62. The van der Waals surface area contributed by atoms with Gasteiger partial charge in [-0.05, 0) is 42.8 Å². The van der Waals surface area contributed by atoms with Gasteiger partial charge in [-0.25, -0.2) is 0 Å². The van der Waals surface area contributed by atoms with Crippen LogP contribution in [0.25, 0.3) is 10.9 Å². The zero-order valence-electron chi connectivity index (χ0n) is 13.5. The molecule has 2 rings (SSSR count). The molecule has 0 unspecified atom stereocenters. The van der Waals surface area contributed by atoms with Crippen LogP contribution in [0.1, 0.15) is 50.4 Å². The third-order valence-electron chi connectivity index (χ3n) is 3.95. The number of nitrogens with zero attached hydrogens (tertiary/aromatic N) is 1. The molecule has 1 amide bonds. The van der Waals surface area contributed by atoms with Gasteiger partial charge in [-0.3, -0.25) is 4.79 Å². The number of hydrogen-bond acceptors (Lipinski definition) is 1. The van der Waals surface area contributed by atoms with E-state index in [1.165, 1.54) is 11.8 Å². The number of carbonyl (C=O) groups is 1. The molecule has 0 fully saturated rings. The lowest BCUT2D eigenvalue weighted by molar-refractivity contribution is 0.0938. The molecule has 0 aliphatic heterocycles. The molecular formula is C18H26N2O. The van der Waals surface area contributed by atoms with E-state index < -0.39 is 0 Å². The maximum absolute atomic E-state index is 12.3. The van der Waals surface area contributed by atoms with Gasteiger partial charge in [0.1, 0.15) is 0 Å². The molecule has 1 atom stereocenters. The van der Waals surface area contributed by atoms with E-state index in [1.807, 2.05) is 36.0 Å². The van der Waals surface area contributed by atoms with Crippen LogP contribution in [0.3, 0.4) is 0 Å². The molecule has 0 aliphatic carbocycles. The van der Waals surface area contributed by atoms with Crippen LogP contribution in [-0.4, -0.2) is 16.5 Å². The Morgan fingerprint density at radius 3 is 2.67 bits per heavy atom. The minimum Gasteiger partial charge on any atom is -0.351 e. The fourth-order valence-corrected chi connectivity index (χ4v) is 2.62. The van der Waals surface area contributed by atoms with Crippen LogP contribution in [0.2, 0.25) is 0 Å². The smallest absolute Gasteiger partial charge is 0.251 e. The summed E-state index contributed by atoms with van der Waals surface area (Å²) >= 11 is 0. The Morgan fingerprint density at radius 1 is 1.19 bits per heavy atom. The molecule has 1 heterocycles. The summed E-state index contributed by atoms with van der Waals surface area (Å²) in [6, 6.07) is 8.16. The number of aryl methyl sites for hydroxylation is 1. The molecule has 3 heteroatoms. The van der Waals surface area contributed by atoms with Crippen LogP contribution < -0.4 is 5.32 Å². The predicted octanol–water partition coefficient (Wildman–Crippen LogP) is 4.12. The topological polar surface area (TPSA) is 34.0 Å². The number of amides is 1. The van der Waals surface area contributed by atoms with Crippen molar-refractivity contribution in [3.63, 3.8) is 0 Å². The van der Waals surface area contributed by atoms with Crippen LogP contribution in [0, 0.1) is 5.92 Å². The Labute approximate surface area is 127 Å². The van der Waals surface area contributed by atoms with Gasteiger partial charge in [-0.2, -0.15) is 0 Å². The first-order valence-corrected chi connectivity index (χ1v) is 7.83. The highest BCUT2D eigenvalue weighted by molar-refractivity contribution is 5.98. The van der Waals surface area contributed by atoms with Crippen molar-refractivity contribution in [1.29, 1.82) is 0 Å². The molecule has 21 heavy (non-hydrogen) atoms. The first kappa shape index (κ1) is 15.6. The normalized spacial score (nSPS) is 12.8. The van der Waals surface area contributed by atoms with Crippen molar-refractivity contribution in [2.75, 3.05) is 0 Å². The fraction of sp³-hybridized carbons (Fsp3) is 0.500. The number of benzene rings is 1. The molecule has 0 bridgehead atoms. The molecule has 0 aliphatic rings. The Balaban J connectivity index is 1.96. The summed E-state index contributed by atoms with van der Waals surface area (Å²) < 4.78 is 2.04. The lowest BCUT2D eigenvalue weighted by Crippen LogP contribution is -2.32. The van der Waals surface area contributed by atoms with Gasteiger partial charge in [0, 0.05) is 30.4 Å². The molecule has 0 spiro atoms. The molecule has 0 saturated carbocycles. The third-order valence-corrected chi connectivity index (χ3v) is 3.95. The lowest BCUT2D eigenvalue weighted by Gasteiger charge is -2.14. The van der Waals surface area contributed by atoms with E-state index in [0.717, 1.165) is 29.8 Å². The highest BCUT2D eigenvalue weighted by Gasteiger charge is 2.11. The van der Waals surface area contributed by atoms with Crippen LogP contribution in [0.5, 0.6) is 0 Å². The monoisotopic (exact) mass is 286 g/mol. The van der Waals surface area contributed by atoms with Gasteiger partial charge in [0.05, 0.1) is 0 Å². The second-order valence-electron chi connectivity index (χ2n) is 6.40. The quantitative estimate of drug-likeness (QED) is 0.851. The van der Waals surface area contributed by atoms with Gasteiger partial charge in [-0.15, -0.1) is 0 Å². The largest absolute Gasteiger partial charge is 0.351 e. The number of carbonyl (C=O) groups excluding carboxylic acids is 1. The molecule has 3 nitrogen and oxygen atoms in total. The number of fused-ring (bicyclic) bond motifs is 1. The second kappa shape index (κ2) is 6.79. The van der Waals surface area contributed by atoms with Crippen molar-refractivity contribution in [2.24, 2.45) is 13.0 Å². The van der Waals surface area contributed by atoms with Crippen LogP contribution in [-0.2, 0) is 7.05 Å². The average Bonchev–Trinajstić information content (AvgIpc) is 2.79. The molecule has 1 aromatic heterocycles. The van der Waals surface area contributed by atoms with E-state index in [9.17, 15) is 4.79 Å². The summed E-state index contributed by atoms with van der Waals surface area (Å²) in [4.78, 5) is 12.3. The van der Waals surface area contributed by atoms with Crippen molar-refractivity contribution in [3.05, 3.63) is 36.0 Å². The number of hydrogen-bond donors (Lipinski definition) is 1. The van der Waals surface area contributed by atoms with Gasteiger partial charge in [-0.1, -0.05) is 32.8 Å². The Hall–Kier alpha value is -1.77. The first-order valence-electron chi connectivity index (χ1n) is 7.83. The summed E-state index contributed by atoms with van der Waals surface area (Å²) in [5, 5.41) is 4.26. The summed E-state index contributed by atoms with van der Waals surface area (Å²) in [7, 11) is 2.00. The van der Waals surface area contributed by atoms with Crippen molar-refractivity contribution >= 4 is 16.8 Å². The van der Waals surface area contributed by atoms with E-state index in [0.29, 0.717) is 0 Å². The summed E-state index contributed by atoms with van der Waals surface area (Å²) in [6.45, 7) is 6.55. The predicted molar refractivity (Wildman–Crippen MR) is 88.5 cm³/mol. The van der Waals surface area contributed by atoms with E-state index >= 15 is 0 Å². The standard InChI is InChI=1S/C18H26N2O/c1-13(2)6-5-7-14(3)19-18(21)16-9-8-15-10-11-20(4)17(15)12-16/h8-14H,5-7H2,1-4H3,(H,19,21)/t14-/m0/s1. The highest BCUT2D eigenvalue weighted by atomic mass is 16.1. The Bertz CT molecular complexity index is 613. The van der Waals surface area contributed by atoms with Crippen molar-refractivity contribution in [3.8, 4) is 0 Å². The molecule has 1 aromatic carbocycles. The van der Waals surface area contributed by atoms with Crippen LogP contribution in [0.4, 0.5) is 0 Å². The summed E-state index contributed by atoms with van der Waals surface area (Å²) in [6.07, 6.45) is 5.43. The number of aromatic nitrogens is 1. The zero-order valence-corrected chi connectivity index (χ0v) is 13.5. The SMILES string of the molecule is CC(C)CCC[C@H](C)NC(=O)c1ccc2ccn(C)c2c1. The van der Waals surface area contributed by atoms with Gasteiger partial charge in [0.25, 0.3) is 5.91 Å². The van der Waals surface area contributed by atoms with E-state index in [4.69, 9.17) is 0 Å². The summed E-state index contributed by atoms with van der Waals surface area (Å²) in [5.41, 5.74) is 1.83. The van der Waals surface area contributed by atoms with E-state index in [2.05, 4.69) is 32.2 Å². The molecule has 0 saturated heterocycles. The molecule has 0 radical (unpaired) electrons. The minimum atomic E-state index is 0.0233. The minimum absolute atomic E-state index is 0.0233. The van der Waals surface area contributed by atoms with Gasteiger partial charge in [0.15, 0.2) is 0 Å². The maximum atomic E-state index is 12.3. The molecular weight excluding hydrogens is 260 g/mol. The Morgan fingerprint density at radius 2 is 1.95 bits per heavy atom. The maximum Gasteiger partial charge on any atom is 0.251 e. The lowest BCUT2D eigenvalue weighted by atomic mass is 10.0. The van der Waals surface area contributed by atoms with Crippen LogP contribution in [0.15, 0.2) is 30.5 Å².